The minimum atomic E-state index is 0.744. The Morgan fingerprint density at radius 1 is 1.54 bits per heavy atom. The second-order valence-corrected chi connectivity index (χ2v) is 4.99. The molecule has 13 heavy (non-hydrogen) atoms. The van der Waals surface area contributed by atoms with Crippen LogP contribution in [0.25, 0.3) is 0 Å². The molecule has 0 aromatic carbocycles. The van der Waals surface area contributed by atoms with E-state index in [1.165, 1.54) is 30.6 Å². The van der Waals surface area contributed by atoms with Gasteiger partial charge in [0.15, 0.2) is 0 Å². The molecule has 2 atom stereocenters. The van der Waals surface area contributed by atoms with Crippen molar-refractivity contribution in [3.05, 3.63) is 22.4 Å². The Labute approximate surface area is 84.2 Å². The highest BCUT2D eigenvalue weighted by Crippen LogP contribution is 2.18. The highest BCUT2D eigenvalue weighted by Gasteiger charge is 2.19. The van der Waals surface area contributed by atoms with Crippen molar-refractivity contribution in [3.8, 4) is 0 Å². The lowest BCUT2D eigenvalue weighted by molar-refractivity contribution is 0.529. The van der Waals surface area contributed by atoms with E-state index >= 15 is 0 Å². The van der Waals surface area contributed by atoms with E-state index in [9.17, 15) is 0 Å². The Kier molecular flexibility index (Phi) is 3.01. The zero-order valence-corrected chi connectivity index (χ0v) is 8.94. The maximum absolute atomic E-state index is 3.62. The number of hydrogen-bond acceptors (Lipinski definition) is 2. The van der Waals surface area contributed by atoms with Crippen molar-refractivity contribution >= 4 is 11.3 Å². The van der Waals surface area contributed by atoms with Gasteiger partial charge in [-0.05, 0) is 44.1 Å². The van der Waals surface area contributed by atoms with E-state index in [1.807, 2.05) is 11.3 Å². The molecule has 0 saturated carbocycles. The van der Waals surface area contributed by atoms with Gasteiger partial charge in [-0.1, -0.05) is 6.07 Å². The molecule has 1 aromatic heterocycles. The zero-order chi connectivity index (χ0) is 9.10. The summed E-state index contributed by atoms with van der Waals surface area (Å²) < 4.78 is 0. The molecule has 2 heteroatoms. The lowest BCUT2D eigenvalue weighted by Crippen LogP contribution is -2.27. The monoisotopic (exact) mass is 195 g/mol. The lowest BCUT2D eigenvalue weighted by Gasteiger charge is -2.10. The van der Waals surface area contributed by atoms with Crippen molar-refractivity contribution in [2.45, 2.75) is 44.7 Å². The van der Waals surface area contributed by atoms with Gasteiger partial charge >= 0.3 is 0 Å². The van der Waals surface area contributed by atoms with Gasteiger partial charge in [-0.15, -0.1) is 11.3 Å². The molecule has 1 aliphatic heterocycles. The fourth-order valence-electron chi connectivity index (χ4n) is 2.02. The van der Waals surface area contributed by atoms with E-state index in [4.69, 9.17) is 0 Å². The summed E-state index contributed by atoms with van der Waals surface area (Å²) in [6, 6.07) is 5.90. The molecule has 0 spiro atoms. The molecule has 1 aliphatic rings. The number of aryl methyl sites for hydroxylation is 1. The van der Waals surface area contributed by atoms with E-state index in [0.29, 0.717) is 0 Å². The van der Waals surface area contributed by atoms with Gasteiger partial charge in [-0.3, -0.25) is 0 Å². The molecule has 72 valence electrons. The first kappa shape index (κ1) is 9.22. The summed E-state index contributed by atoms with van der Waals surface area (Å²) >= 11 is 1.88. The van der Waals surface area contributed by atoms with Crippen LogP contribution < -0.4 is 5.32 Å². The van der Waals surface area contributed by atoms with Crippen molar-refractivity contribution in [2.75, 3.05) is 0 Å². The maximum Gasteiger partial charge on any atom is 0.00735 e. The van der Waals surface area contributed by atoms with Crippen LogP contribution in [0.5, 0.6) is 0 Å². The molecule has 0 amide bonds. The lowest BCUT2D eigenvalue weighted by atomic mass is 10.1. The highest BCUT2D eigenvalue weighted by atomic mass is 32.1. The van der Waals surface area contributed by atoms with Crippen molar-refractivity contribution in [2.24, 2.45) is 0 Å². The molecule has 1 N–H and O–H groups in total. The van der Waals surface area contributed by atoms with E-state index in [-0.39, 0.29) is 0 Å². The topological polar surface area (TPSA) is 12.0 Å². The van der Waals surface area contributed by atoms with Gasteiger partial charge in [0.05, 0.1) is 0 Å². The minimum Gasteiger partial charge on any atom is -0.311 e. The van der Waals surface area contributed by atoms with Crippen LogP contribution in [0.1, 0.15) is 31.1 Å². The van der Waals surface area contributed by atoms with E-state index in [1.54, 1.807) is 0 Å². The van der Waals surface area contributed by atoms with Crippen molar-refractivity contribution in [1.29, 1.82) is 0 Å². The van der Waals surface area contributed by atoms with E-state index in [0.717, 1.165) is 12.1 Å². The summed E-state index contributed by atoms with van der Waals surface area (Å²) in [7, 11) is 0. The minimum absolute atomic E-state index is 0.744. The van der Waals surface area contributed by atoms with Crippen LogP contribution in [0, 0.1) is 0 Å². The Hall–Kier alpha value is -0.340. The summed E-state index contributed by atoms with van der Waals surface area (Å²) in [5.74, 6) is 0. The van der Waals surface area contributed by atoms with Crippen molar-refractivity contribution in [3.63, 3.8) is 0 Å². The molecule has 0 radical (unpaired) electrons. The van der Waals surface area contributed by atoms with Crippen LogP contribution in [0.15, 0.2) is 17.5 Å². The van der Waals surface area contributed by atoms with Gasteiger partial charge in [-0.25, -0.2) is 0 Å². The Bertz CT molecular complexity index is 243. The van der Waals surface area contributed by atoms with E-state index < -0.39 is 0 Å². The average molecular weight is 195 g/mol. The summed E-state index contributed by atoms with van der Waals surface area (Å²) in [6.45, 7) is 2.28. The maximum atomic E-state index is 3.62. The van der Waals surface area contributed by atoms with Gasteiger partial charge in [-0.2, -0.15) is 0 Å². The third kappa shape index (κ3) is 2.55. The largest absolute Gasteiger partial charge is 0.311 e. The second kappa shape index (κ2) is 4.25. The molecular weight excluding hydrogens is 178 g/mol. The number of nitrogens with one attached hydrogen (secondary N) is 1. The number of thiophene rings is 1. The predicted octanol–water partition coefficient (Wildman–Crippen LogP) is 2.82. The summed E-state index contributed by atoms with van der Waals surface area (Å²) in [4.78, 5) is 1.53. The molecule has 1 nitrogen and oxygen atoms in total. The number of hydrogen-bond donors (Lipinski definition) is 1. The highest BCUT2D eigenvalue weighted by molar-refractivity contribution is 7.09. The molecule has 1 aromatic rings. The van der Waals surface area contributed by atoms with Gasteiger partial charge < -0.3 is 5.32 Å². The first-order valence-electron chi connectivity index (χ1n) is 5.13. The smallest absolute Gasteiger partial charge is 0.00735 e. The fourth-order valence-corrected chi connectivity index (χ4v) is 2.74. The molecule has 1 fully saturated rings. The standard InChI is InChI=1S/C11H17NS/c1-9-4-5-10(12-9)6-7-11-3-2-8-13-11/h2-3,8-10,12H,4-7H2,1H3/t9-,10-/m1/s1. The molecular formula is C11H17NS. The van der Waals surface area contributed by atoms with Crippen LogP contribution in [0.4, 0.5) is 0 Å². The summed E-state index contributed by atoms with van der Waals surface area (Å²) in [6.07, 6.45) is 5.29. The Balaban J connectivity index is 1.74. The van der Waals surface area contributed by atoms with Crippen LogP contribution >= 0.6 is 11.3 Å². The van der Waals surface area contributed by atoms with Crippen LogP contribution in [0.2, 0.25) is 0 Å². The molecule has 0 aliphatic carbocycles. The first-order chi connectivity index (χ1) is 6.34. The van der Waals surface area contributed by atoms with Crippen LogP contribution in [-0.2, 0) is 6.42 Å². The Morgan fingerprint density at radius 3 is 3.08 bits per heavy atom. The molecule has 0 unspecified atom stereocenters. The third-order valence-electron chi connectivity index (χ3n) is 2.79. The fraction of sp³-hybridized carbons (Fsp3) is 0.636. The third-order valence-corrected chi connectivity index (χ3v) is 3.72. The molecule has 0 bridgehead atoms. The van der Waals surface area contributed by atoms with Gasteiger partial charge in [0, 0.05) is 17.0 Å². The van der Waals surface area contributed by atoms with Gasteiger partial charge in [0.2, 0.25) is 0 Å². The van der Waals surface area contributed by atoms with Crippen LogP contribution in [-0.4, -0.2) is 12.1 Å². The van der Waals surface area contributed by atoms with Crippen molar-refractivity contribution < 1.29 is 0 Å². The normalized spacial score (nSPS) is 28.1. The van der Waals surface area contributed by atoms with Crippen LogP contribution in [0.3, 0.4) is 0 Å². The SMILES string of the molecule is C[C@@H]1CC[C@H](CCc2cccs2)N1. The first-order valence-corrected chi connectivity index (χ1v) is 6.01. The molecule has 2 rings (SSSR count). The predicted molar refractivity (Wildman–Crippen MR) is 58.3 cm³/mol. The quantitative estimate of drug-likeness (QED) is 0.782. The summed E-state index contributed by atoms with van der Waals surface area (Å²) in [5.41, 5.74) is 0. The van der Waals surface area contributed by atoms with Crippen molar-refractivity contribution in [1.82, 2.24) is 5.32 Å². The average Bonchev–Trinajstić information content (AvgIpc) is 2.71. The van der Waals surface area contributed by atoms with Gasteiger partial charge in [0.25, 0.3) is 0 Å². The molecule has 1 saturated heterocycles. The zero-order valence-electron chi connectivity index (χ0n) is 8.12. The summed E-state index contributed by atoms with van der Waals surface area (Å²) in [5, 5.41) is 5.79. The van der Waals surface area contributed by atoms with E-state index in [2.05, 4.69) is 29.8 Å². The molecule has 2 heterocycles. The Morgan fingerprint density at radius 2 is 2.46 bits per heavy atom. The second-order valence-electron chi connectivity index (χ2n) is 3.96. The number of rotatable bonds is 3. The van der Waals surface area contributed by atoms with Gasteiger partial charge in [0.1, 0.15) is 0 Å².